The lowest BCUT2D eigenvalue weighted by atomic mass is 10.0. The van der Waals surface area contributed by atoms with Gasteiger partial charge in [0.25, 0.3) is 0 Å². The van der Waals surface area contributed by atoms with Crippen LogP contribution in [0.1, 0.15) is 12.8 Å². The molecule has 1 atom stereocenters. The van der Waals surface area contributed by atoms with Crippen molar-refractivity contribution in [1.29, 1.82) is 0 Å². The minimum atomic E-state index is 0.626. The maximum Gasteiger partial charge on any atom is 0.0723 e. The van der Waals surface area contributed by atoms with E-state index in [9.17, 15) is 0 Å². The number of rotatable bonds is 2. The van der Waals surface area contributed by atoms with E-state index in [-0.39, 0.29) is 0 Å². The zero-order valence-electron chi connectivity index (χ0n) is 10.6. The van der Waals surface area contributed by atoms with Crippen LogP contribution in [0.15, 0.2) is 34.9 Å². The van der Waals surface area contributed by atoms with E-state index in [1.165, 1.54) is 23.9 Å². The van der Waals surface area contributed by atoms with Crippen molar-refractivity contribution in [2.45, 2.75) is 18.9 Å². The van der Waals surface area contributed by atoms with Crippen LogP contribution < -0.4 is 9.99 Å². The third-order valence-electron chi connectivity index (χ3n) is 3.75. The van der Waals surface area contributed by atoms with Crippen LogP contribution in [-0.4, -0.2) is 24.1 Å². The number of nitrogens with one attached hydrogen (secondary N) is 1. The predicted octanol–water partition coefficient (Wildman–Crippen LogP) is 3.35. The number of fused-ring (bicyclic) bond motifs is 1. The molecule has 0 radical (unpaired) electrons. The predicted molar refractivity (Wildman–Crippen MR) is 87.5 cm³/mol. The third-order valence-corrected chi connectivity index (χ3v) is 4.72. The molecule has 19 heavy (non-hydrogen) atoms. The average molecular weight is 338 g/mol. The number of hydrogen-bond donors (Lipinski definition) is 1. The third kappa shape index (κ3) is 2.76. The van der Waals surface area contributed by atoms with E-state index in [2.05, 4.69) is 58.5 Å². The summed E-state index contributed by atoms with van der Waals surface area (Å²) in [6, 6.07) is 9.03. The fourth-order valence-electron chi connectivity index (χ4n) is 2.67. The van der Waals surface area contributed by atoms with Gasteiger partial charge in [0, 0.05) is 40.9 Å². The van der Waals surface area contributed by atoms with E-state index >= 15 is 0 Å². The maximum absolute atomic E-state index is 4.45. The first-order valence-electron chi connectivity index (χ1n) is 6.53. The Bertz CT molecular complexity index is 582. The lowest BCUT2D eigenvalue weighted by Crippen LogP contribution is -2.39. The number of halogens is 1. The molecule has 100 valence electrons. The van der Waals surface area contributed by atoms with E-state index < -0.39 is 0 Å². The summed E-state index contributed by atoms with van der Waals surface area (Å²) in [5, 5.41) is 4.52. The summed E-state index contributed by atoms with van der Waals surface area (Å²) in [7, 11) is 2.63. The standard InChI is InChI=1S/C14H17BrN3P/c15-10-1-2-13-12(9-10)14(3-6-16-13)18-7-4-11(17-19)5-8-18/h1-3,6,9,11,17H,4-5,7-8,19H2. The largest absolute Gasteiger partial charge is 0.371 e. The van der Waals surface area contributed by atoms with E-state index in [1.54, 1.807) is 0 Å². The van der Waals surface area contributed by atoms with Crippen molar-refractivity contribution in [2.75, 3.05) is 18.0 Å². The van der Waals surface area contributed by atoms with Gasteiger partial charge in [-0.3, -0.25) is 10.1 Å². The molecular weight excluding hydrogens is 321 g/mol. The van der Waals surface area contributed by atoms with Gasteiger partial charge in [0.1, 0.15) is 0 Å². The van der Waals surface area contributed by atoms with Crippen LogP contribution in [0.2, 0.25) is 0 Å². The van der Waals surface area contributed by atoms with Gasteiger partial charge in [-0.25, -0.2) is 0 Å². The first kappa shape index (κ1) is 13.3. The fourth-order valence-corrected chi connectivity index (χ4v) is 3.36. The Hall–Kier alpha value is -0.700. The lowest BCUT2D eigenvalue weighted by molar-refractivity contribution is 0.479. The van der Waals surface area contributed by atoms with Crippen molar-refractivity contribution in [3.8, 4) is 0 Å². The Labute approximate surface area is 124 Å². The molecule has 5 heteroatoms. The first-order valence-corrected chi connectivity index (χ1v) is 7.90. The van der Waals surface area contributed by atoms with Crippen molar-refractivity contribution < 1.29 is 0 Å². The Kier molecular flexibility index (Phi) is 4.01. The Morgan fingerprint density at radius 3 is 2.79 bits per heavy atom. The number of benzene rings is 1. The van der Waals surface area contributed by atoms with Crippen molar-refractivity contribution in [3.63, 3.8) is 0 Å². The molecule has 3 rings (SSSR count). The molecule has 1 aliphatic rings. The van der Waals surface area contributed by atoms with Gasteiger partial charge in [-0.1, -0.05) is 25.3 Å². The number of anilines is 1. The van der Waals surface area contributed by atoms with Crippen LogP contribution >= 0.6 is 25.3 Å². The number of aromatic nitrogens is 1. The SMILES string of the molecule is PNC1CCN(c2ccnc3ccc(Br)cc23)CC1. The molecular formula is C14H17BrN3P. The smallest absolute Gasteiger partial charge is 0.0723 e. The van der Waals surface area contributed by atoms with Crippen molar-refractivity contribution in [2.24, 2.45) is 0 Å². The molecule has 1 saturated heterocycles. The monoisotopic (exact) mass is 337 g/mol. The van der Waals surface area contributed by atoms with Gasteiger partial charge in [0.15, 0.2) is 0 Å². The van der Waals surface area contributed by atoms with Crippen LogP contribution in [-0.2, 0) is 0 Å². The summed E-state index contributed by atoms with van der Waals surface area (Å²) in [6.45, 7) is 2.19. The minimum Gasteiger partial charge on any atom is -0.371 e. The zero-order chi connectivity index (χ0) is 13.2. The lowest BCUT2D eigenvalue weighted by Gasteiger charge is -2.34. The van der Waals surface area contributed by atoms with E-state index in [0.29, 0.717) is 6.04 Å². The normalized spacial score (nSPS) is 17.1. The average Bonchev–Trinajstić information content (AvgIpc) is 2.47. The molecule has 1 unspecified atom stereocenters. The summed E-state index contributed by atoms with van der Waals surface area (Å²) in [5.74, 6) is 0. The van der Waals surface area contributed by atoms with Crippen LogP contribution in [0.25, 0.3) is 10.9 Å². The molecule has 0 bridgehead atoms. The second-order valence-electron chi connectivity index (χ2n) is 4.92. The van der Waals surface area contributed by atoms with Gasteiger partial charge in [-0.05, 0) is 37.1 Å². The number of pyridine rings is 1. The van der Waals surface area contributed by atoms with E-state index in [1.807, 2.05) is 12.3 Å². The van der Waals surface area contributed by atoms with Crippen molar-refractivity contribution in [3.05, 3.63) is 34.9 Å². The van der Waals surface area contributed by atoms with Crippen LogP contribution in [0.5, 0.6) is 0 Å². The van der Waals surface area contributed by atoms with E-state index in [4.69, 9.17) is 0 Å². The highest BCUT2D eigenvalue weighted by Gasteiger charge is 2.19. The first-order chi connectivity index (χ1) is 9.28. The fraction of sp³-hybridized carbons (Fsp3) is 0.357. The second kappa shape index (κ2) is 5.74. The topological polar surface area (TPSA) is 28.2 Å². The van der Waals surface area contributed by atoms with Gasteiger partial charge >= 0.3 is 0 Å². The van der Waals surface area contributed by atoms with Crippen molar-refractivity contribution >= 4 is 41.9 Å². The Morgan fingerprint density at radius 2 is 2.05 bits per heavy atom. The van der Waals surface area contributed by atoms with Gasteiger partial charge in [-0.15, -0.1) is 0 Å². The highest BCUT2D eigenvalue weighted by molar-refractivity contribution is 9.10. The molecule has 0 amide bonds. The summed E-state index contributed by atoms with van der Waals surface area (Å²) in [5.41, 5.74) is 2.36. The Balaban J connectivity index is 1.94. The quantitative estimate of drug-likeness (QED) is 0.852. The van der Waals surface area contributed by atoms with Gasteiger partial charge in [0.05, 0.1) is 5.52 Å². The van der Waals surface area contributed by atoms with Gasteiger partial charge < -0.3 is 4.90 Å². The molecule has 0 aliphatic carbocycles. The summed E-state index contributed by atoms with van der Waals surface area (Å²) >= 11 is 3.55. The van der Waals surface area contributed by atoms with Gasteiger partial charge in [0.2, 0.25) is 0 Å². The summed E-state index contributed by atoms with van der Waals surface area (Å²) in [4.78, 5) is 6.91. The molecule has 1 N–H and O–H groups in total. The van der Waals surface area contributed by atoms with Gasteiger partial charge in [-0.2, -0.15) is 0 Å². The highest BCUT2D eigenvalue weighted by Crippen LogP contribution is 2.29. The maximum atomic E-state index is 4.45. The molecule has 1 aromatic heterocycles. The number of hydrogen-bond acceptors (Lipinski definition) is 3. The minimum absolute atomic E-state index is 0.626. The molecule has 1 fully saturated rings. The zero-order valence-corrected chi connectivity index (χ0v) is 13.4. The molecule has 3 nitrogen and oxygen atoms in total. The number of nitrogens with zero attached hydrogens (tertiary/aromatic N) is 2. The Morgan fingerprint density at radius 1 is 1.26 bits per heavy atom. The summed E-state index contributed by atoms with van der Waals surface area (Å²) in [6.07, 6.45) is 4.27. The van der Waals surface area contributed by atoms with Crippen LogP contribution in [0.3, 0.4) is 0 Å². The molecule has 0 spiro atoms. The highest BCUT2D eigenvalue weighted by atomic mass is 79.9. The molecule has 1 aliphatic heterocycles. The number of piperidine rings is 1. The van der Waals surface area contributed by atoms with Crippen molar-refractivity contribution in [1.82, 2.24) is 10.1 Å². The molecule has 0 saturated carbocycles. The molecule has 1 aromatic carbocycles. The molecule has 2 aromatic rings. The molecule has 2 heterocycles. The summed E-state index contributed by atoms with van der Waals surface area (Å²) < 4.78 is 1.11. The second-order valence-corrected chi connectivity index (χ2v) is 6.17. The van der Waals surface area contributed by atoms with E-state index in [0.717, 1.165) is 23.1 Å². The van der Waals surface area contributed by atoms with Crippen LogP contribution in [0.4, 0.5) is 5.69 Å². The van der Waals surface area contributed by atoms with Crippen LogP contribution in [0, 0.1) is 0 Å².